The van der Waals surface area contributed by atoms with Gasteiger partial charge in [-0.05, 0) is 51.4 Å². The number of likely N-dealkylation sites (N-methyl/N-ethyl adjacent to an activating group) is 1. The number of nitrogens with zero attached hydrogens (tertiary/aromatic N) is 1. The highest BCUT2D eigenvalue weighted by molar-refractivity contribution is 7.45. The molecule has 0 aliphatic heterocycles. The Morgan fingerprint density at radius 3 is 1.97 bits per heavy atom. The molecule has 8 heteroatoms. The van der Waals surface area contributed by atoms with Crippen LogP contribution < -0.4 is 4.89 Å². The second-order valence-electron chi connectivity index (χ2n) is 9.42. The molecule has 0 spiro atoms. The van der Waals surface area contributed by atoms with E-state index in [1.165, 1.54) is 39.2 Å². The van der Waals surface area contributed by atoms with Gasteiger partial charge in [0, 0.05) is 13.7 Å². The fraction of sp³-hybridized carbons (Fsp3) is 0.840. The molecule has 0 aromatic rings. The number of phosphoric ester groups is 1. The summed E-state index contributed by atoms with van der Waals surface area (Å²) in [7, 11) is 3.01. The fourth-order valence-corrected chi connectivity index (χ4v) is 3.81. The van der Waals surface area contributed by atoms with Crippen LogP contribution in [-0.2, 0) is 23.1 Å². The summed E-state index contributed by atoms with van der Waals surface area (Å²) in [5.41, 5.74) is 0. The maximum atomic E-state index is 12.0. The molecule has 0 aromatic carbocycles. The third kappa shape index (κ3) is 24.4. The first-order valence-corrected chi connectivity index (χ1v) is 14.0. The van der Waals surface area contributed by atoms with E-state index in [0.717, 1.165) is 32.1 Å². The first kappa shape index (κ1) is 32.5. The monoisotopic (exact) mass is 491 g/mol. The summed E-state index contributed by atoms with van der Waals surface area (Å²) in [4.78, 5) is 12.0. The van der Waals surface area contributed by atoms with Gasteiger partial charge in [0.15, 0.2) is 0 Å². The average molecular weight is 492 g/mol. The van der Waals surface area contributed by atoms with Crippen molar-refractivity contribution >= 4 is 7.82 Å². The zero-order chi connectivity index (χ0) is 24.8. The molecule has 33 heavy (non-hydrogen) atoms. The predicted molar refractivity (Wildman–Crippen MR) is 134 cm³/mol. The summed E-state index contributed by atoms with van der Waals surface area (Å²) in [6.45, 7) is 3.71. The molecular weight excluding hydrogens is 441 g/mol. The molecule has 0 amide bonds. The molecule has 7 nitrogen and oxygen atoms in total. The van der Waals surface area contributed by atoms with Crippen molar-refractivity contribution in [3.05, 3.63) is 24.3 Å². The number of phosphoric acid groups is 1. The van der Waals surface area contributed by atoms with Crippen molar-refractivity contribution in [2.45, 2.75) is 77.2 Å². The van der Waals surface area contributed by atoms with E-state index in [2.05, 4.69) is 31.2 Å². The van der Waals surface area contributed by atoms with E-state index in [1.54, 1.807) is 0 Å². The minimum atomic E-state index is -4.39. The Hall–Kier alpha value is -0.530. The van der Waals surface area contributed by atoms with Crippen LogP contribution in [0.15, 0.2) is 24.3 Å². The highest BCUT2D eigenvalue weighted by Crippen LogP contribution is 2.39. The molecular formula is C25H50NO6P. The summed E-state index contributed by atoms with van der Waals surface area (Å²) in [6, 6.07) is 0. The minimum absolute atomic E-state index is 0.0790. The summed E-state index contributed by atoms with van der Waals surface area (Å²) in [5.74, 6) is 0. The lowest BCUT2D eigenvalue weighted by molar-refractivity contribution is -0.870. The third-order valence-corrected chi connectivity index (χ3v) is 5.94. The Morgan fingerprint density at radius 1 is 0.848 bits per heavy atom. The molecule has 0 N–H and O–H groups in total. The van der Waals surface area contributed by atoms with Gasteiger partial charge in [-0.1, -0.05) is 44.1 Å². The fourth-order valence-electron chi connectivity index (χ4n) is 2.95. The van der Waals surface area contributed by atoms with Crippen molar-refractivity contribution in [1.29, 1.82) is 0 Å². The summed E-state index contributed by atoms with van der Waals surface area (Å²) >= 11 is 0. The van der Waals surface area contributed by atoms with E-state index in [1.807, 2.05) is 21.1 Å². The predicted octanol–water partition coefficient (Wildman–Crippen LogP) is 5.26. The van der Waals surface area contributed by atoms with E-state index in [4.69, 9.17) is 18.5 Å². The Labute approximate surface area is 203 Å². The quantitative estimate of drug-likeness (QED) is 0.0840. The number of quaternary nitrogens is 1. The topological polar surface area (TPSA) is 77.1 Å². The van der Waals surface area contributed by atoms with E-state index < -0.39 is 13.9 Å². The molecule has 0 saturated heterocycles. The number of unbranched alkanes of at least 4 members (excludes halogenated alkanes) is 7. The number of hydrogen-bond acceptors (Lipinski definition) is 6. The van der Waals surface area contributed by atoms with Crippen LogP contribution in [0.5, 0.6) is 0 Å². The molecule has 196 valence electrons. The molecule has 0 fully saturated rings. The van der Waals surface area contributed by atoms with Crippen LogP contribution >= 0.6 is 7.82 Å². The molecule has 0 rings (SSSR count). The van der Waals surface area contributed by atoms with Gasteiger partial charge < -0.3 is 27.9 Å². The van der Waals surface area contributed by atoms with Gasteiger partial charge in [0.05, 0.1) is 34.4 Å². The lowest BCUT2D eigenvalue weighted by Crippen LogP contribution is -2.38. The molecule has 0 radical (unpaired) electrons. The van der Waals surface area contributed by atoms with E-state index in [9.17, 15) is 9.46 Å². The number of ether oxygens (including phenoxy) is 2. The number of methoxy groups -OCH3 is 1. The highest BCUT2D eigenvalue weighted by atomic mass is 31.2. The van der Waals surface area contributed by atoms with Crippen LogP contribution in [0.4, 0.5) is 0 Å². The van der Waals surface area contributed by atoms with Gasteiger partial charge in [-0.3, -0.25) is 4.57 Å². The zero-order valence-electron chi connectivity index (χ0n) is 21.8. The summed E-state index contributed by atoms with van der Waals surface area (Å²) in [6.07, 6.45) is 20.0. The van der Waals surface area contributed by atoms with Crippen LogP contribution in [0.1, 0.15) is 71.1 Å². The van der Waals surface area contributed by atoms with E-state index in [-0.39, 0.29) is 19.8 Å². The molecule has 0 saturated carbocycles. The molecule has 2 atom stereocenters. The van der Waals surface area contributed by atoms with E-state index in [0.29, 0.717) is 17.6 Å². The van der Waals surface area contributed by atoms with Gasteiger partial charge in [0.1, 0.15) is 19.3 Å². The van der Waals surface area contributed by atoms with Crippen molar-refractivity contribution in [2.75, 3.05) is 61.2 Å². The second kappa shape index (κ2) is 20.8. The Kier molecular flexibility index (Phi) is 20.5. The minimum Gasteiger partial charge on any atom is -0.756 e. The standard InChI is InChI=1S/C25H50NO6P/c1-6-7-8-9-10-11-12-13-14-15-16-17-18-19-21-30-24-25(23-29-5)32-33(27,28)31-22-20-26(2,3)4/h8-9,14-15,25H,6-7,10-13,16-24H2,1-5H3/b9-8-,15-14-/t25-/m0/s1. The lowest BCUT2D eigenvalue weighted by Gasteiger charge is -2.29. The third-order valence-electron chi connectivity index (χ3n) is 4.89. The molecule has 0 aromatic heterocycles. The second-order valence-corrected chi connectivity index (χ2v) is 10.8. The first-order chi connectivity index (χ1) is 15.7. The Bertz CT molecular complexity index is 548. The summed E-state index contributed by atoms with van der Waals surface area (Å²) in [5, 5.41) is 0. The smallest absolute Gasteiger partial charge is 0.268 e. The summed E-state index contributed by atoms with van der Waals surface area (Å²) < 4.78 is 33.4. The lowest BCUT2D eigenvalue weighted by atomic mass is 10.1. The Balaban J connectivity index is 3.78. The maximum absolute atomic E-state index is 12.0. The van der Waals surface area contributed by atoms with Gasteiger partial charge in [-0.25, -0.2) is 0 Å². The number of allylic oxidation sites excluding steroid dienone is 4. The van der Waals surface area contributed by atoms with Crippen LogP contribution in [0.25, 0.3) is 0 Å². The highest BCUT2D eigenvalue weighted by Gasteiger charge is 2.20. The SMILES string of the molecule is CCC/C=C\CCCC/C=C\CCCCCOC[C@H](COC)OP(=O)([O-])OCC[N+](C)(C)C. The molecule has 0 aliphatic carbocycles. The zero-order valence-corrected chi connectivity index (χ0v) is 22.7. The van der Waals surface area contributed by atoms with Crippen LogP contribution in [-0.4, -0.2) is 71.8 Å². The average Bonchev–Trinajstić information content (AvgIpc) is 2.72. The van der Waals surface area contributed by atoms with Crippen molar-refractivity contribution in [1.82, 2.24) is 0 Å². The normalized spacial score (nSPS) is 15.5. The van der Waals surface area contributed by atoms with Crippen LogP contribution in [0.3, 0.4) is 0 Å². The Morgan fingerprint density at radius 2 is 1.42 bits per heavy atom. The van der Waals surface area contributed by atoms with Gasteiger partial charge in [0.25, 0.3) is 7.82 Å². The molecule has 0 aliphatic rings. The van der Waals surface area contributed by atoms with Gasteiger partial charge in [-0.2, -0.15) is 0 Å². The number of hydrogen-bond donors (Lipinski definition) is 0. The van der Waals surface area contributed by atoms with Gasteiger partial charge in [0.2, 0.25) is 0 Å². The van der Waals surface area contributed by atoms with Gasteiger partial charge in [-0.15, -0.1) is 0 Å². The molecule has 0 bridgehead atoms. The molecule has 1 unspecified atom stereocenters. The molecule has 0 heterocycles. The van der Waals surface area contributed by atoms with Crippen molar-refractivity contribution < 1.29 is 32.5 Å². The van der Waals surface area contributed by atoms with Crippen molar-refractivity contribution in [3.8, 4) is 0 Å². The van der Waals surface area contributed by atoms with Crippen LogP contribution in [0.2, 0.25) is 0 Å². The first-order valence-electron chi connectivity index (χ1n) is 12.5. The number of rotatable bonds is 23. The van der Waals surface area contributed by atoms with Crippen molar-refractivity contribution in [3.63, 3.8) is 0 Å². The van der Waals surface area contributed by atoms with E-state index >= 15 is 0 Å². The van der Waals surface area contributed by atoms with Crippen LogP contribution in [0, 0.1) is 0 Å². The maximum Gasteiger partial charge on any atom is 0.268 e. The van der Waals surface area contributed by atoms with Crippen molar-refractivity contribution in [2.24, 2.45) is 0 Å². The largest absolute Gasteiger partial charge is 0.756 e. The van der Waals surface area contributed by atoms with Gasteiger partial charge >= 0.3 is 0 Å².